The number of Topliss-reactive ketones (excluding diaryl/α,β-unsaturated/α-hetero) is 1. The fourth-order valence-electron chi connectivity index (χ4n) is 3.86. The third kappa shape index (κ3) is 5.34. The first-order valence-corrected chi connectivity index (χ1v) is 10.3. The van der Waals surface area contributed by atoms with Gasteiger partial charge in [-0.1, -0.05) is 12.1 Å². The molecule has 0 aliphatic carbocycles. The molecule has 2 aliphatic heterocycles. The summed E-state index contributed by atoms with van der Waals surface area (Å²) in [5, 5.41) is 0. The molecule has 0 spiro atoms. The maximum absolute atomic E-state index is 13.1. The minimum absolute atomic E-state index is 0.0131. The standard InChI is InChI=1S/C23H27FN2O3/c24-19-3-5-20(6-4-19)26-13-11-25(12-14-26)15-16-28-22-8-1-18(2-9-22)23-10-7-21(27)17-29-23/h1-6,8-9,23H,7,10-17H2. The lowest BCUT2D eigenvalue weighted by Gasteiger charge is -2.36. The summed E-state index contributed by atoms with van der Waals surface area (Å²) >= 11 is 0. The van der Waals surface area contributed by atoms with Gasteiger partial charge >= 0.3 is 0 Å². The van der Waals surface area contributed by atoms with Crippen LogP contribution in [0, 0.1) is 5.82 Å². The van der Waals surface area contributed by atoms with Gasteiger partial charge in [-0.15, -0.1) is 0 Å². The number of nitrogens with zero attached hydrogens (tertiary/aromatic N) is 2. The van der Waals surface area contributed by atoms with Crippen molar-refractivity contribution in [3.05, 3.63) is 59.9 Å². The van der Waals surface area contributed by atoms with Crippen LogP contribution in [0.15, 0.2) is 48.5 Å². The zero-order valence-electron chi connectivity index (χ0n) is 16.6. The minimum atomic E-state index is -0.195. The normalized spacial score (nSPS) is 20.7. The maximum atomic E-state index is 13.1. The Balaban J connectivity index is 1.18. The van der Waals surface area contributed by atoms with Crippen molar-refractivity contribution >= 4 is 11.5 Å². The molecule has 0 N–H and O–H groups in total. The number of anilines is 1. The van der Waals surface area contributed by atoms with Gasteiger partial charge in [-0.2, -0.15) is 0 Å². The quantitative estimate of drug-likeness (QED) is 0.746. The molecule has 4 rings (SSSR count). The number of hydrogen-bond donors (Lipinski definition) is 0. The molecule has 5 nitrogen and oxygen atoms in total. The topological polar surface area (TPSA) is 42.0 Å². The van der Waals surface area contributed by atoms with Crippen molar-refractivity contribution in [3.8, 4) is 5.75 Å². The van der Waals surface area contributed by atoms with Crippen LogP contribution < -0.4 is 9.64 Å². The summed E-state index contributed by atoms with van der Waals surface area (Å²) in [4.78, 5) is 16.0. The van der Waals surface area contributed by atoms with E-state index in [2.05, 4.69) is 9.80 Å². The van der Waals surface area contributed by atoms with Crippen molar-refractivity contribution in [1.82, 2.24) is 4.90 Å². The number of halogens is 1. The lowest BCUT2D eigenvalue weighted by atomic mass is 10.0. The highest BCUT2D eigenvalue weighted by Gasteiger charge is 2.21. The van der Waals surface area contributed by atoms with E-state index in [4.69, 9.17) is 9.47 Å². The van der Waals surface area contributed by atoms with Crippen LogP contribution in [0.25, 0.3) is 0 Å². The Morgan fingerprint density at radius 3 is 2.38 bits per heavy atom. The van der Waals surface area contributed by atoms with E-state index in [9.17, 15) is 9.18 Å². The van der Waals surface area contributed by atoms with E-state index in [1.807, 2.05) is 36.4 Å². The van der Waals surface area contributed by atoms with Crippen LogP contribution in [0.3, 0.4) is 0 Å². The van der Waals surface area contributed by atoms with Crippen molar-refractivity contribution in [2.24, 2.45) is 0 Å². The SMILES string of the molecule is O=C1CCC(c2ccc(OCCN3CCN(c4ccc(F)cc4)CC3)cc2)OC1. The number of benzene rings is 2. The molecule has 154 valence electrons. The molecule has 1 atom stereocenters. The van der Waals surface area contributed by atoms with Gasteiger partial charge in [0.15, 0.2) is 5.78 Å². The van der Waals surface area contributed by atoms with Gasteiger partial charge in [0.25, 0.3) is 0 Å². The molecular weight excluding hydrogens is 371 g/mol. The highest BCUT2D eigenvalue weighted by Crippen LogP contribution is 2.28. The molecule has 2 fully saturated rings. The summed E-state index contributed by atoms with van der Waals surface area (Å²) in [5.74, 6) is 0.837. The Morgan fingerprint density at radius 2 is 1.72 bits per heavy atom. The summed E-state index contributed by atoms with van der Waals surface area (Å²) in [5.41, 5.74) is 2.18. The third-order valence-corrected chi connectivity index (χ3v) is 5.62. The van der Waals surface area contributed by atoms with Crippen LogP contribution in [0.1, 0.15) is 24.5 Å². The fraction of sp³-hybridized carbons (Fsp3) is 0.435. The summed E-state index contributed by atoms with van der Waals surface area (Å²) in [6.07, 6.45) is 1.36. The molecule has 0 saturated carbocycles. The Morgan fingerprint density at radius 1 is 1.00 bits per heavy atom. The van der Waals surface area contributed by atoms with Gasteiger partial charge in [-0.05, 0) is 48.4 Å². The lowest BCUT2D eigenvalue weighted by Crippen LogP contribution is -2.47. The van der Waals surface area contributed by atoms with E-state index in [1.165, 1.54) is 12.1 Å². The van der Waals surface area contributed by atoms with E-state index >= 15 is 0 Å². The van der Waals surface area contributed by atoms with Gasteiger partial charge in [0.2, 0.25) is 0 Å². The summed E-state index contributed by atoms with van der Waals surface area (Å²) < 4.78 is 24.6. The largest absolute Gasteiger partial charge is 0.492 e. The van der Waals surface area contributed by atoms with Gasteiger partial charge < -0.3 is 14.4 Å². The van der Waals surface area contributed by atoms with E-state index in [-0.39, 0.29) is 24.3 Å². The summed E-state index contributed by atoms with van der Waals surface area (Å²) in [7, 11) is 0. The van der Waals surface area contributed by atoms with Gasteiger partial charge in [-0.25, -0.2) is 4.39 Å². The summed E-state index contributed by atoms with van der Waals surface area (Å²) in [6.45, 7) is 5.55. The molecular formula is C23H27FN2O3. The van der Waals surface area contributed by atoms with Crippen LogP contribution >= 0.6 is 0 Å². The van der Waals surface area contributed by atoms with Crippen LogP contribution in [-0.2, 0) is 9.53 Å². The monoisotopic (exact) mass is 398 g/mol. The van der Waals surface area contributed by atoms with Gasteiger partial charge in [0.05, 0.1) is 6.10 Å². The Kier molecular flexibility index (Phi) is 6.42. The van der Waals surface area contributed by atoms with Crippen LogP contribution in [-0.4, -0.2) is 56.6 Å². The van der Waals surface area contributed by atoms with Crippen LogP contribution in [0.2, 0.25) is 0 Å². The van der Waals surface area contributed by atoms with Crippen LogP contribution in [0.5, 0.6) is 5.75 Å². The molecule has 29 heavy (non-hydrogen) atoms. The number of carbonyl (C=O) groups is 1. The maximum Gasteiger partial charge on any atom is 0.158 e. The predicted molar refractivity (Wildman–Crippen MR) is 110 cm³/mol. The molecule has 0 aromatic heterocycles. The second-order valence-corrected chi connectivity index (χ2v) is 7.60. The number of rotatable bonds is 6. The smallest absolute Gasteiger partial charge is 0.158 e. The Bertz CT molecular complexity index is 792. The van der Waals surface area contributed by atoms with E-state index in [0.717, 1.165) is 56.1 Å². The number of hydrogen-bond acceptors (Lipinski definition) is 5. The molecule has 2 aliphatic rings. The highest BCUT2D eigenvalue weighted by atomic mass is 19.1. The molecule has 0 amide bonds. The van der Waals surface area contributed by atoms with Crippen molar-refractivity contribution in [1.29, 1.82) is 0 Å². The molecule has 0 bridgehead atoms. The highest BCUT2D eigenvalue weighted by molar-refractivity contribution is 5.80. The van der Waals surface area contributed by atoms with Crippen molar-refractivity contribution in [2.75, 3.05) is 50.8 Å². The molecule has 0 radical (unpaired) electrons. The Labute approximate surface area is 171 Å². The Hall–Kier alpha value is -2.44. The van der Waals surface area contributed by atoms with Crippen molar-refractivity contribution < 1.29 is 18.7 Å². The molecule has 2 saturated heterocycles. The number of ether oxygens (including phenoxy) is 2. The second-order valence-electron chi connectivity index (χ2n) is 7.60. The average molecular weight is 398 g/mol. The van der Waals surface area contributed by atoms with Crippen molar-refractivity contribution in [2.45, 2.75) is 18.9 Å². The number of carbonyl (C=O) groups excluding carboxylic acids is 1. The van der Waals surface area contributed by atoms with Gasteiger partial charge in [-0.3, -0.25) is 9.69 Å². The second kappa shape index (κ2) is 9.37. The molecule has 1 unspecified atom stereocenters. The summed E-state index contributed by atoms with van der Waals surface area (Å²) in [6, 6.07) is 14.7. The molecule has 2 heterocycles. The van der Waals surface area contributed by atoms with Crippen LogP contribution in [0.4, 0.5) is 10.1 Å². The predicted octanol–water partition coefficient (Wildman–Crippen LogP) is 3.45. The average Bonchev–Trinajstić information content (AvgIpc) is 2.76. The van der Waals surface area contributed by atoms with E-state index in [0.29, 0.717) is 13.0 Å². The number of piperazine rings is 1. The first-order chi connectivity index (χ1) is 14.2. The van der Waals surface area contributed by atoms with Crippen molar-refractivity contribution in [3.63, 3.8) is 0 Å². The van der Waals surface area contributed by atoms with Gasteiger partial charge in [0, 0.05) is 44.8 Å². The van der Waals surface area contributed by atoms with E-state index < -0.39 is 0 Å². The number of ketones is 1. The zero-order chi connectivity index (χ0) is 20.1. The third-order valence-electron chi connectivity index (χ3n) is 5.62. The molecule has 6 heteroatoms. The first-order valence-electron chi connectivity index (χ1n) is 10.3. The first kappa shape index (κ1) is 19.9. The van der Waals surface area contributed by atoms with Gasteiger partial charge in [0.1, 0.15) is 24.8 Å². The molecule has 2 aromatic rings. The van der Waals surface area contributed by atoms with E-state index in [1.54, 1.807) is 0 Å². The zero-order valence-corrected chi connectivity index (χ0v) is 16.6. The minimum Gasteiger partial charge on any atom is -0.492 e. The fourth-order valence-corrected chi connectivity index (χ4v) is 3.86. The molecule has 2 aromatic carbocycles. The lowest BCUT2D eigenvalue weighted by molar-refractivity contribution is -0.131.